The Morgan fingerprint density at radius 2 is 2.28 bits per heavy atom. The van der Waals surface area contributed by atoms with Crippen LogP contribution in [0.1, 0.15) is 30.1 Å². The zero-order valence-corrected chi connectivity index (χ0v) is 11.1. The molecule has 1 aromatic carbocycles. The molecule has 1 heterocycles. The Kier molecular flexibility index (Phi) is 3.00. The standard InChI is InChI=1S/C14H16ClN3/c1-10-13(15)3-2-4-14(10)17-8-12-7-16-9-18(12)11-5-6-11/h2-4,7,9,11,17H,5-6,8H2,1H3. The predicted molar refractivity (Wildman–Crippen MR) is 74.0 cm³/mol. The van der Waals surface area contributed by atoms with E-state index in [0.717, 1.165) is 22.8 Å². The summed E-state index contributed by atoms with van der Waals surface area (Å²) in [6.45, 7) is 2.82. The van der Waals surface area contributed by atoms with Crippen molar-refractivity contribution >= 4 is 17.3 Å². The number of nitrogens with zero attached hydrogens (tertiary/aromatic N) is 2. The number of benzene rings is 1. The highest BCUT2D eigenvalue weighted by Crippen LogP contribution is 2.35. The van der Waals surface area contributed by atoms with E-state index >= 15 is 0 Å². The van der Waals surface area contributed by atoms with Crippen molar-refractivity contribution < 1.29 is 0 Å². The average Bonchev–Trinajstić information content (AvgIpc) is 3.11. The Hall–Kier alpha value is -1.48. The van der Waals surface area contributed by atoms with Gasteiger partial charge in [-0.2, -0.15) is 0 Å². The van der Waals surface area contributed by atoms with E-state index in [1.54, 1.807) is 0 Å². The molecule has 1 saturated carbocycles. The third kappa shape index (κ3) is 2.23. The van der Waals surface area contributed by atoms with Crippen LogP contribution in [0.3, 0.4) is 0 Å². The Bertz CT molecular complexity index is 558. The first-order chi connectivity index (χ1) is 8.75. The molecule has 1 N–H and O–H groups in total. The molecule has 3 nitrogen and oxygen atoms in total. The average molecular weight is 262 g/mol. The van der Waals surface area contributed by atoms with Gasteiger partial charge in [-0.3, -0.25) is 0 Å². The van der Waals surface area contributed by atoms with Crippen molar-refractivity contribution in [2.75, 3.05) is 5.32 Å². The van der Waals surface area contributed by atoms with Crippen LogP contribution in [-0.4, -0.2) is 9.55 Å². The SMILES string of the molecule is Cc1c(Cl)cccc1NCc1cncn1C1CC1. The van der Waals surface area contributed by atoms with E-state index in [2.05, 4.69) is 20.9 Å². The van der Waals surface area contributed by atoms with Crippen LogP contribution in [0.5, 0.6) is 0 Å². The molecule has 0 bridgehead atoms. The zero-order valence-electron chi connectivity index (χ0n) is 10.4. The number of anilines is 1. The van der Waals surface area contributed by atoms with Crippen molar-refractivity contribution in [3.05, 3.63) is 47.0 Å². The summed E-state index contributed by atoms with van der Waals surface area (Å²) in [5, 5.41) is 4.24. The molecule has 4 heteroatoms. The van der Waals surface area contributed by atoms with Crippen molar-refractivity contribution in [1.29, 1.82) is 0 Å². The Morgan fingerprint density at radius 3 is 3.06 bits per heavy atom. The fraction of sp³-hybridized carbons (Fsp3) is 0.357. The first kappa shape index (κ1) is 11.6. The van der Waals surface area contributed by atoms with E-state index in [1.165, 1.54) is 18.5 Å². The van der Waals surface area contributed by atoms with Gasteiger partial charge >= 0.3 is 0 Å². The van der Waals surface area contributed by atoms with Crippen LogP contribution < -0.4 is 5.32 Å². The van der Waals surface area contributed by atoms with Gasteiger partial charge in [0.2, 0.25) is 0 Å². The Morgan fingerprint density at radius 1 is 1.44 bits per heavy atom. The Balaban J connectivity index is 1.74. The van der Waals surface area contributed by atoms with Crippen LogP contribution in [0.2, 0.25) is 5.02 Å². The summed E-state index contributed by atoms with van der Waals surface area (Å²) in [5.74, 6) is 0. The lowest BCUT2D eigenvalue weighted by molar-refractivity contribution is 0.701. The summed E-state index contributed by atoms with van der Waals surface area (Å²) in [4.78, 5) is 4.23. The molecular weight excluding hydrogens is 246 g/mol. The molecule has 2 aromatic rings. The molecular formula is C14H16ClN3. The van der Waals surface area contributed by atoms with Crippen molar-refractivity contribution in [2.45, 2.75) is 32.4 Å². The van der Waals surface area contributed by atoms with Crippen molar-refractivity contribution in [3.63, 3.8) is 0 Å². The maximum atomic E-state index is 6.11. The van der Waals surface area contributed by atoms with E-state index in [0.29, 0.717) is 6.04 Å². The topological polar surface area (TPSA) is 29.9 Å². The maximum absolute atomic E-state index is 6.11. The molecule has 94 valence electrons. The summed E-state index contributed by atoms with van der Waals surface area (Å²) in [6, 6.07) is 6.61. The summed E-state index contributed by atoms with van der Waals surface area (Å²) in [7, 11) is 0. The number of rotatable bonds is 4. The van der Waals surface area contributed by atoms with Crippen molar-refractivity contribution in [2.24, 2.45) is 0 Å². The van der Waals surface area contributed by atoms with E-state index in [9.17, 15) is 0 Å². The summed E-state index contributed by atoms with van der Waals surface area (Å²) >= 11 is 6.11. The van der Waals surface area contributed by atoms with Crippen LogP contribution >= 0.6 is 11.6 Å². The molecule has 1 aliphatic rings. The molecule has 3 rings (SSSR count). The van der Waals surface area contributed by atoms with Crippen molar-refractivity contribution in [3.8, 4) is 0 Å². The van der Waals surface area contributed by atoms with Crippen LogP contribution in [-0.2, 0) is 6.54 Å². The lowest BCUT2D eigenvalue weighted by Gasteiger charge is -2.12. The number of aromatic nitrogens is 2. The minimum absolute atomic E-state index is 0.671. The lowest BCUT2D eigenvalue weighted by Crippen LogP contribution is -2.06. The third-order valence-corrected chi connectivity index (χ3v) is 3.82. The number of hydrogen-bond acceptors (Lipinski definition) is 2. The van der Waals surface area contributed by atoms with Gasteiger partial charge in [0.05, 0.1) is 18.6 Å². The molecule has 0 atom stereocenters. The van der Waals surface area contributed by atoms with Gasteiger partial charge in [0.1, 0.15) is 0 Å². The molecule has 0 amide bonds. The largest absolute Gasteiger partial charge is 0.379 e. The fourth-order valence-corrected chi connectivity index (χ4v) is 2.31. The van der Waals surface area contributed by atoms with Gasteiger partial charge in [-0.1, -0.05) is 17.7 Å². The Labute approximate surface area is 112 Å². The van der Waals surface area contributed by atoms with Gasteiger partial charge < -0.3 is 9.88 Å². The van der Waals surface area contributed by atoms with Crippen molar-refractivity contribution in [1.82, 2.24) is 9.55 Å². The van der Waals surface area contributed by atoms with Crippen LogP contribution in [0.15, 0.2) is 30.7 Å². The number of imidazole rings is 1. The number of halogens is 1. The predicted octanol–water partition coefficient (Wildman–Crippen LogP) is 3.79. The quantitative estimate of drug-likeness (QED) is 0.907. The van der Waals surface area contributed by atoms with Gasteiger partial charge in [0.15, 0.2) is 0 Å². The maximum Gasteiger partial charge on any atom is 0.0951 e. The van der Waals surface area contributed by atoms with Crippen LogP contribution in [0.25, 0.3) is 0 Å². The van der Waals surface area contributed by atoms with Crippen LogP contribution in [0.4, 0.5) is 5.69 Å². The first-order valence-corrected chi connectivity index (χ1v) is 6.63. The summed E-state index contributed by atoms with van der Waals surface area (Å²) in [5.41, 5.74) is 3.42. The van der Waals surface area contributed by atoms with E-state index < -0.39 is 0 Å². The second-order valence-corrected chi connectivity index (χ2v) is 5.20. The molecule has 0 spiro atoms. The normalized spacial score (nSPS) is 14.8. The second kappa shape index (κ2) is 4.65. The van der Waals surface area contributed by atoms with Gasteiger partial charge in [0, 0.05) is 22.9 Å². The van der Waals surface area contributed by atoms with Gasteiger partial charge in [-0.25, -0.2) is 4.98 Å². The molecule has 0 aliphatic heterocycles. The minimum atomic E-state index is 0.671. The zero-order chi connectivity index (χ0) is 12.5. The fourth-order valence-electron chi connectivity index (χ4n) is 2.14. The van der Waals surface area contributed by atoms with Gasteiger partial charge in [-0.05, 0) is 37.5 Å². The molecule has 1 aromatic heterocycles. The highest BCUT2D eigenvalue weighted by Gasteiger charge is 2.24. The summed E-state index contributed by atoms with van der Waals surface area (Å²) in [6.07, 6.45) is 6.42. The molecule has 1 fully saturated rings. The monoisotopic (exact) mass is 261 g/mol. The lowest BCUT2D eigenvalue weighted by atomic mass is 10.2. The van der Waals surface area contributed by atoms with Gasteiger partial charge in [0.25, 0.3) is 0 Å². The smallest absolute Gasteiger partial charge is 0.0951 e. The highest BCUT2D eigenvalue weighted by molar-refractivity contribution is 6.31. The molecule has 0 saturated heterocycles. The number of hydrogen-bond donors (Lipinski definition) is 1. The van der Waals surface area contributed by atoms with E-state index in [1.807, 2.05) is 31.6 Å². The van der Waals surface area contributed by atoms with Crippen LogP contribution in [0, 0.1) is 6.92 Å². The number of nitrogens with one attached hydrogen (secondary N) is 1. The second-order valence-electron chi connectivity index (χ2n) is 4.79. The molecule has 18 heavy (non-hydrogen) atoms. The van der Waals surface area contributed by atoms with E-state index in [-0.39, 0.29) is 0 Å². The summed E-state index contributed by atoms with van der Waals surface area (Å²) < 4.78 is 2.27. The highest BCUT2D eigenvalue weighted by atomic mass is 35.5. The minimum Gasteiger partial charge on any atom is -0.379 e. The van der Waals surface area contributed by atoms with E-state index in [4.69, 9.17) is 11.6 Å². The molecule has 1 aliphatic carbocycles. The molecule has 0 radical (unpaired) electrons. The first-order valence-electron chi connectivity index (χ1n) is 6.25. The molecule has 0 unspecified atom stereocenters. The van der Waals surface area contributed by atoms with Gasteiger partial charge in [-0.15, -0.1) is 0 Å². The third-order valence-electron chi connectivity index (χ3n) is 3.41.